The molecule has 1 aliphatic rings. The summed E-state index contributed by atoms with van der Waals surface area (Å²) < 4.78 is 0. The second-order valence-electron chi connectivity index (χ2n) is 7.08. The minimum Gasteiger partial charge on any atom is -0.349 e. The molecule has 0 bridgehead atoms. The lowest BCUT2D eigenvalue weighted by molar-refractivity contribution is -0.113. The van der Waals surface area contributed by atoms with Gasteiger partial charge in [-0.15, -0.1) is 0 Å². The predicted molar refractivity (Wildman–Crippen MR) is 115 cm³/mol. The smallest absolute Gasteiger partial charge is 0.253 e. The maximum Gasteiger partial charge on any atom is 0.253 e. The molecule has 3 rings (SSSR count). The molecule has 1 N–H and O–H groups in total. The van der Waals surface area contributed by atoms with Gasteiger partial charge in [0, 0.05) is 24.2 Å². The zero-order valence-electron chi connectivity index (χ0n) is 16.0. The molecule has 1 saturated carbocycles. The van der Waals surface area contributed by atoms with Gasteiger partial charge in [0.1, 0.15) is 0 Å². The van der Waals surface area contributed by atoms with Crippen molar-refractivity contribution in [2.75, 3.05) is 11.9 Å². The first-order valence-electron chi connectivity index (χ1n) is 9.66. The monoisotopic (exact) mass is 396 g/mol. The van der Waals surface area contributed by atoms with Crippen LogP contribution in [0.4, 0.5) is 5.69 Å². The number of carbonyl (C=O) groups is 2. The highest BCUT2D eigenvalue weighted by Crippen LogP contribution is 2.23. The van der Waals surface area contributed by atoms with Crippen LogP contribution in [0.1, 0.15) is 48.0 Å². The van der Waals surface area contributed by atoms with Gasteiger partial charge in [0.25, 0.3) is 11.8 Å². The van der Waals surface area contributed by atoms with Crippen molar-refractivity contribution in [3.63, 3.8) is 0 Å². The van der Waals surface area contributed by atoms with Crippen molar-refractivity contribution in [1.29, 1.82) is 0 Å². The van der Waals surface area contributed by atoms with Crippen molar-refractivity contribution in [1.82, 2.24) is 5.32 Å². The Labute approximate surface area is 171 Å². The molecule has 0 aromatic heterocycles. The number of carbonyl (C=O) groups excluding carboxylic acids is 2. The standard InChI is InChI=1S/C23H25ClN2O2/c1-26(22(27)16-15-17-9-5-7-13-20(17)24)21-14-8-6-12-19(21)23(28)25-18-10-3-2-4-11-18/h5-9,12-16,18H,2-4,10-11H2,1H3,(H,25,28). The molecule has 1 fully saturated rings. The van der Waals surface area contributed by atoms with Crippen LogP contribution < -0.4 is 10.2 Å². The number of rotatable bonds is 5. The minimum absolute atomic E-state index is 0.128. The van der Waals surface area contributed by atoms with E-state index in [2.05, 4.69) is 5.32 Å². The molecule has 4 nitrogen and oxygen atoms in total. The van der Waals surface area contributed by atoms with Gasteiger partial charge >= 0.3 is 0 Å². The van der Waals surface area contributed by atoms with Gasteiger partial charge in [0.15, 0.2) is 0 Å². The van der Waals surface area contributed by atoms with E-state index in [4.69, 9.17) is 11.6 Å². The summed E-state index contributed by atoms with van der Waals surface area (Å²) in [6.45, 7) is 0. The second-order valence-corrected chi connectivity index (χ2v) is 7.48. The van der Waals surface area contributed by atoms with Gasteiger partial charge in [0.2, 0.25) is 0 Å². The third-order valence-electron chi connectivity index (χ3n) is 5.09. The predicted octanol–water partition coefficient (Wildman–Crippen LogP) is 5.08. The normalized spacial score (nSPS) is 14.8. The Bertz CT molecular complexity index is 872. The summed E-state index contributed by atoms with van der Waals surface area (Å²) >= 11 is 6.13. The number of halogens is 1. The summed E-state index contributed by atoms with van der Waals surface area (Å²) in [5.74, 6) is -0.352. The van der Waals surface area contributed by atoms with E-state index < -0.39 is 0 Å². The molecule has 0 heterocycles. The van der Waals surface area contributed by atoms with Crippen LogP contribution in [0.15, 0.2) is 54.6 Å². The van der Waals surface area contributed by atoms with E-state index in [1.165, 1.54) is 17.4 Å². The lowest BCUT2D eigenvalue weighted by atomic mass is 9.95. The minimum atomic E-state index is -0.224. The molecule has 0 aliphatic heterocycles. The number of nitrogens with zero attached hydrogens (tertiary/aromatic N) is 1. The number of nitrogens with one attached hydrogen (secondary N) is 1. The highest BCUT2D eigenvalue weighted by Gasteiger charge is 2.21. The number of anilines is 1. The van der Waals surface area contributed by atoms with Crippen LogP contribution in [0.25, 0.3) is 6.08 Å². The molecule has 1 aliphatic carbocycles. The lowest BCUT2D eigenvalue weighted by Crippen LogP contribution is -2.37. The van der Waals surface area contributed by atoms with Crippen molar-refractivity contribution in [3.05, 3.63) is 70.8 Å². The molecule has 2 aromatic carbocycles. The van der Waals surface area contributed by atoms with E-state index in [-0.39, 0.29) is 17.9 Å². The largest absolute Gasteiger partial charge is 0.349 e. The Kier molecular flexibility index (Phi) is 6.88. The van der Waals surface area contributed by atoms with Crippen molar-refractivity contribution < 1.29 is 9.59 Å². The van der Waals surface area contributed by atoms with Crippen LogP contribution in [0.3, 0.4) is 0 Å². The summed E-state index contributed by atoms with van der Waals surface area (Å²) in [4.78, 5) is 26.9. The van der Waals surface area contributed by atoms with Crippen LogP contribution in [0.2, 0.25) is 5.02 Å². The number of para-hydroxylation sites is 1. The summed E-state index contributed by atoms with van der Waals surface area (Å²) in [6, 6.07) is 14.7. The van der Waals surface area contributed by atoms with Crippen molar-refractivity contribution in [2.24, 2.45) is 0 Å². The first-order chi connectivity index (χ1) is 13.6. The maximum absolute atomic E-state index is 12.8. The topological polar surface area (TPSA) is 49.4 Å². The summed E-state index contributed by atoms with van der Waals surface area (Å²) in [6.07, 6.45) is 8.73. The lowest BCUT2D eigenvalue weighted by Gasteiger charge is -2.24. The van der Waals surface area contributed by atoms with Crippen molar-refractivity contribution >= 4 is 35.2 Å². The molecule has 0 saturated heterocycles. The van der Waals surface area contributed by atoms with E-state index in [9.17, 15) is 9.59 Å². The molecule has 0 atom stereocenters. The van der Waals surface area contributed by atoms with Crippen LogP contribution in [0.5, 0.6) is 0 Å². The number of benzene rings is 2. The van der Waals surface area contributed by atoms with Gasteiger partial charge in [-0.05, 0) is 42.7 Å². The van der Waals surface area contributed by atoms with E-state index in [0.29, 0.717) is 16.3 Å². The second kappa shape index (κ2) is 9.56. The van der Waals surface area contributed by atoms with Gasteiger partial charge in [-0.3, -0.25) is 9.59 Å². The average molecular weight is 397 g/mol. The Morgan fingerprint density at radius 2 is 1.71 bits per heavy atom. The first kappa shape index (κ1) is 20.2. The molecular weight excluding hydrogens is 372 g/mol. The van der Waals surface area contributed by atoms with Crippen LogP contribution in [0, 0.1) is 0 Å². The molecule has 0 radical (unpaired) electrons. The quantitative estimate of drug-likeness (QED) is 0.716. The Balaban J connectivity index is 1.74. The maximum atomic E-state index is 12.8. The van der Waals surface area contributed by atoms with Gasteiger partial charge in [-0.25, -0.2) is 0 Å². The van der Waals surface area contributed by atoms with Crippen LogP contribution in [-0.2, 0) is 4.79 Å². The highest BCUT2D eigenvalue weighted by atomic mass is 35.5. The number of hydrogen-bond donors (Lipinski definition) is 1. The Morgan fingerprint density at radius 1 is 1.04 bits per heavy atom. The fraction of sp³-hybridized carbons (Fsp3) is 0.304. The highest BCUT2D eigenvalue weighted by molar-refractivity contribution is 6.32. The number of hydrogen-bond acceptors (Lipinski definition) is 2. The Hall–Kier alpha value is -2.59. The fourth-order valence-corrected chi connectivity index (χ4v) is 3.67. The summed E-state index contributed by atoms with van der Waals surface area (Å²) in [7, 11) is 1.67. The summed E-state index contributed by atoms with van der Waals surface area (Å²) in [5.41, 5.74) is 1.87. The third kappa shape index (κ3) is 5.02. The van der Waals surface area contributed by atoms with Crippen LogP contribution >= 0.6 is 11.6 Å². The van der Waals surface area contributed by atoms with E-state index >= 15 is 0 Å². The van der Waals surface area contributed by atoms with E-state index in [1.54, 1.807) is 31.3 Å². The van der Waals surface area contributed by atoms with Gasteiger partial charge in [-0.2, -0.15) is 0 Å². The molecule has 28 heavy (non-hydrogen) atoms. The molecule has 0 unspecified atom stereocenters. The SMILES string of the molecule is CN(C(=O)C=Cc1ccccc1Cl)c1ccccc1C(=O)NC1CCCCC1. The van der Waals surface area contributed by atoms with Gasteiger partial charge in [0.05, 0.1) is 11.3 Å². The molecule has 2 aromatic rings. The fourth-order valence-electron chi connectivity index (χ4n) is 3.47. The van der Waals surface area contributed by atoms with Gasteiger partial charge in [-0.1, -0.05) is 61.2 Å². The van der Waals surface area contributed by atoms with Crippen molar-refractivity contribution in [2.45, 2.75) is 38.1 Å². The van der Waals surface area contributed by atoms with Crippen LogP contribution in [-0.4, -0.2) is 24.9 Å². The molecule has 5 heteroatoms. The number of likely N-dealkylation sites (N-methyl/N-ethyl adjacent to an activating group) is 1. The van der Waals surface area contributed by atoms with Crippen molar-refractivity contribution in [3.8, 4) is 0 Å². The first-order valence-corrected chi connectivity index (χ1v) is 10.0. The van der Waals surface area contributed by atoms with E-state index in [1.807, 2.05) is 30.3 Å². The summed E-state index contributed by atoms with van der Waals surface area (Å²) in [5, 5.41) is 3.71. The third-order valence-corrected chi connectivity index (χ3v) is 5.44. The zero-order chi connectivity index (χ0) is 19.9. The average Bonchev–Trinajstić information content (AvgIpc) is 2.73. The number of amides is 2. The molecule has 146 valence electrons. The zero-order valence-corrected chi connectivity index (χ0v) is 16.8. The molecule has 2 amide bonds. The Morgan fingerprint density at radius 3 is 2.46 bits per heavy atom. The van der Waals surface area contributed by atoms with E-state index in [0.717, 1.165) is 31.2 Å². The molecular formula is C23H25ClN2O2. The van der Waals surface area contributed by atoms with Gasteiger partial charge < -0.3 is 10.2 Å². The molecule has 0 spiro atoms.